The highest BCUT2D eigenvalue weighted by atomic mass is 35.5. The van der Waals surface area contributed by atoms with Gasteiger partial charge in [0.2, 0.25) is 0 Å². The van der Waals surface area contributed by atoms with Crippen LogP contribution in [-0.4, -0.2) is 38.7 Å². The van der Waals surface area contributed by atoms with E-state index in [1.807, 2.05) is 37.4 Å². The molecule has 0 saturated heterocycles. The Kier molecular flexibility index (Phi) is 9.12. The van der Waals surface area contributed by atoms with E-state index in [1.165, 1.54) is 16.0 Å². The van der Waals surface area contributed by atoms with Crippen LogP contribution in [0.5, 0.6) is 11.5 Å². The maximum atomic E-state index is 11.6. The van der Waals surface area contributed by atoms with E-state index in [1.54, 1.807) is 14.1 Å². The molecule has 1 atom stereocenters. The average Bonchev–Trinajstić information content (AvgIpc) is 2.62. The van der Waals surface area contributed by atoms with Gasteiger partial charge in [0.25, 0.3) is 0 Å². The van der Waals surface area contributed by atoms with E-state index in [4.69, 9.17) is 9.47 Å². The van der Waals surface area contributed by atoms with Gasteiger partial charge in [-0.15, -0.1) is 12.4 Å². The van der Waals surface area contributed by atoms with Crippen LogP contribution < -0.4 is 14.8 Å². The molecule has 0 saturated carbocycles. The molecule has 0 aliphatic rings. The van der Waals surface area contributed by atoms with Crippen LogP contribution in [0.4, 0.5) is 4.79 Å². The molecule has 2 rings (SSSR count). The lowest BCUT2D eigenvalue weighted by molar-refractivity contribution is 0.172. The highest BCUT2D eigenvalue weighted by Gasteiger charge is 2.11. The van der Waals surface area contributed by atoms with Crippen molar-refractivity contribution < 1.29 is 14.3 Å². The van der Waals surface area contributed by atoms with Gasteiger partial charge >= 0.3 is 6.09 Å². The van der Waals surface area contributed by atoms with E-state index in [2.05, 4.69) is 31.3 Å². The van der Waals surface area contributed by atoms with Crippen LogP contribution in [0.25, 0.3) is 0 Å². The number of amides is 1. The van der Waals surface area contributed by atoms with Crippen LogP contribution in [0.1, 0.15) is 29.2 Å². The number of benzene rings is 2. The lowest BCUT2D eigenvalue weighted by atomic mass is 10.0. The highest BCUT2D eigenvalue weighted by molar-refractivity contribution is 5.85. The molecule has 2 aromatic carbocycles. The van der Waals surface area contributed by atoms with Crippen molar-refractivity contribution in [3.8, 4) is 11.5 Å². The summed E-state index contributed by atoms with van der Waals surface area (Å²) in [5.41, 5.74) is 3.62. The standard InChI is InChI=1S/C21H28N2O3.ClH/c1-15-6-9-19(14-16(15)2)25-13-12-20(22-3)17-7-10-18(11-8-17)26-21(24)23(4)5;/h6-11,14,20,22H,12-13H2,1-5H3;1H. The Morgan fingerprint density at radius 2 is 1.67 bits per heavy atom. The lowest BCUT2D eigenvalue weighted by Crippen LogP contribution is -2.25. The Morgan fingerprint density at radius 3 is 2.22 bits per heavy atom. The number of hydrogen-bond donors (Lipinski definition) is 1. The van der Waals surface area contributed by atoms with Gasteiger partial charge in [0.15, 0.2) is 0 Å². The summed E-state index contributed by atoms with van der Waals surface area (Å²) in [5, 5.41) is 3.31. The fourth-order valence-corrected chi connectivity index (χ4v) is 2.54. The van der Waals surface area contributed by atoms with Gasteiger partial charge in [0.1, 0.15) is 11.5 Å². The zero-order valence-electron chi connectivity index (χ0n) is 16.6. The minimum Gasteiger partial charge on any atom is -0.494 e. The van der Waals surface area contributed by atoms with Gasteiger partial charge in [-0.05, 0) is 61.9 Å². The Labute approximate surface area is 168 Å². The molecule has 1 unspecified atom stereocenters. The molecule has 27 heavy (non-hydrogen) atoms. The Hall–Kier alpha value is -2.24. The van der Waals surface area contributed by atoms with Crippen molar-refractivity contribution in [1.82, 2.24) is 10.2 Å². The van der Waals surface area contributed by atoms with Gasteiger partial charge in [0, 0.05) is 26.6 Å². The topological polar surface area (TPSA) is 50.8 Å². The van der Waals surface area contributed by atoms with E-state index < -0.39 is 0 Å². The summed E-state index contributed by atoms with van der Waals surface area (Å²) < 4.78 is 11.1. The van der Waals surface area contributed by atoms with Crippen LogP contribution in [-0.2, 0) is 0 Å². The number of halogens is 1. The zero-order chi connectivity index (χ0) is 19.1. The predicted octanol–water partition coefficient (Wildman–Crippen LogP) is 4.52. The van der Waals surface area contributed by atoms with Crippen LogP contribution >= 0.6 is 12.4 Å². The van der Waals surface area contributed by atoms with Crippen LogP contribution in [0, 0.1) is 13.8 Å². The summed E-state index contributed by atoms with van der Waals surface area (Å²) in [6, 6.07) is 13.9. The first kappa shape index (κ1) is 22.8. The summed E-state index contributed by atoms with van der Waals surface area (Å²) in [7, 11) is 5.24. The largest absolute Gasteiger partial charge is 0.494 e. The predicted molar refractivity (Wildman–Crippen MR) is 111 cm³/mol. The minimum atomic E-state index is -0.385. The zero-order valence-corrected chi connectivity index (χ0v) is 17.4. The van der Waals surface area contributed by atoms with E-state index >= 15 is 0 Å². The number of hydrogen-bond acceptors (Lipinski definition) is 4. The third-order valence-electron chi connectivity index (χ3n) is 4.35. The van der Waals surface area contributed by atoms with Crippen LogP contribution in [0.3, 0.4) is 0 Å². The Morgan fingerprint density at radius 1 is 1.04 bits per heavy atom. The molecule has 1 amide bonds. The second kappa shape index (κ2) is 10.8. The summed E-state index contributed by atoms with van der Waals surface area (Å²) >= 11 is 0. The normalized spacial score (nSPS) is 11.3. The van der Waals surface area contributed by atoms with Crippen molar-refractivity contribution in [2.75, 3.05) is 27.7 Å². The smallest absolute Gasteiger partial charge is 0.414 e. The number of carbonyl (C=O) groups is 1. The molecule has 0 radical (unpaired) electrons. The second-order valence-electron chi connectivity index (χ2n) is 6.56. The van der Waals surface area contributed by atoms with Gasteiger partial charge in [-0.2, -0.15) is 0 Å². The van der Waals surface area contributed by atoms with Gasteiger partial charge in [-0.3, -0.25) is 0 Å². The van der Waals surface area contributed by atoms with Gasteiger partial charge in [-0.25, -0.2) is 4.79 Å². The third-order valence-corrected chi connectivity index (χ3v) is 4.35. The molecule has 5 nitrogen and oxygen atoms in total. The van der Waals surface area contributed by atoms with Crippen molar-refractivity contribution in [2.24, 2.45) is 0 Å². The van der Waals surface area contributed by atoms with Gasteiger partial charge in [0.05, 0.1) is 6.61 Å². The quantitative estimate of drug-likeness (QED) is 0.752. The average molecular weight is 393 g/mol. The maximum Gasteiger partial charge on any atom is 0.414 e. The molecule has 6 heteroatoms. The summed E-state index contributed by atoms with van der Waals surface area (Å²) in [5.74, 6) is 1.43. The SMILES string of the molecule is CNC(CCOc1ccc(C)c(C)c1)c1ccc(OC(=O)N(C)C)cc1.Cl. The maximum absolute atomic E-state index is 11.6. The molecule has 0 aliphatic heterocycles. The van der Waals surface area contributed by atoms with Crippen molar-refractivity contribution in [1.29, 1.82) is 0 Å². The minimum absolute atomic E-state index is 0. The van der Waals surface area contributed by atoms with Crippen molar-refractivity contribution in [3.63, 3.8) is 0 Å². The first-order chi connectivity index (χ1) is 12.4. The Balaban J connectivity index is 0.00000364. The van der Waals surface area contributed by atoms with Crippen molar-refractivity contribution >= 4 is 18.5 Å². The molecule has 0 fully saturated rings. The number of carbonyl (C=O) groups excluding carboxylic acids is 1. The van der Waals surface area contributed by atoms with E-state index in [0.717, 1.165) is 17.7 Å². The summed E-state index contributed by atoms with van der Waals surface area (Å²) in [6.07, 6.45) is 0.449. The molecule has 0 spiro atoms. The van der Waals surface area contributed by atoms with E-state index in [0.29, 0.717) is 12.4 Å². The molecule has 2 aromatic rings. The molecule has 148 valence electrons. The molecule has 1 N–H and O–H groups in total. The summed E-state index contributed by atoms with van der Waals surface area (Å²) in [4.78, 5) is 13.0. The highest BCUT2D eigenvalue weighted by Crippen LogP contribution is 2.22. The Bertz CT molecular complexity index is 733. The second-order valence-corrected chi connectivity index (χ2v) is 6.56. The lowest BCUT2D eigenvalue weighted by Gasteiger charge is -2.18. The van der Waals surface area contributed by atoms with Crippen LogP contribution in [0.15, 0.2) is 42.5 Å². The van der Waals surface area contributed by atoms with E-state index in [-0.39, 0.29) is 24.5 Å². The third kappa shape index (κ3) is 6.77. The van der Waals surface area contributed by atoms with Gasteiger partial charge in [-0.1, -0.05) is 18.2 Å². The first-order valence-electron chi connectivity index (χ1n) is 8.77. The van der Waals surface area contributed by atoms with Crippen molar-refractivity contribution in [3.05, 3.63) is 59.2 Å². The molecule has 0 aromatic heterocycles. The molecule has 0 heterocycles. The molecule has 0 aliphatic carbocycles. The van der Waals surface area contributed by atoms with Crippen molar-refractivity contribution in [2.45, 2.75) is 26.3 Å². The molecular formula is C21H29ClN2O3. The number of aryl methyl sites for hydroxylation is 2. The molecule has 0 bridgehead atoms. The first-order valence-corrected chi connectivity index (χ1v) is 8.77. The number of ether oxygens (including phenoxy) is 2. The molecular weight excluding hydrogens is 364 g/mol. The fourth-order valence-electron chi connectivity index (χ4n) is 2.54. The fraction of sp³-hybridized carbons (Fsp3) is 0.381. The number of rotatable bonds is 7. The summed E-state index contributed by atoms with van der Waals surface area (Å²) in [6.45, 7) is 4.80. The van der Waals surface area contributed by atoms with Gasteiger partial charge < -0.3 is 19.7 Å². The van der Waals surface area contributed by atoms with Crippen LogP contribution in [0.2, 0.25) is 0 Å². The van der Waals surface area contributed by atoms with E-state index in [9.17, 15) is 4.79 Å². The monoisotopic (exact) mass is 392 g/mol. The number of nitrogens with zero attached hydrogens (tertiary/aromatic N) is 1. The number of nitrogens with one attached hydrogen (secondary N) is 1.